The fraction of sp³-hybridized carbons (Fsp3) is 0.625. The zero-order valence-electron chi connectivity index (χ0n) is 12.8. The van der Waals surface area contributed by atoms with Crippen LogP contribution in [0.4, 0.5) is 0 Å². The zero-order chi connectivity index (χ0) is 15.1. The summed E-state index contributed by atoms with van der Waals surface area (Å²) in [6.45, 7) is 3.60. The van der Waals surface area contributed by atoms with Gasteiger partial charge in [-0.15, -0.1) is 0 Å². The molecule has 4 nitrogen and oxygen atoms in total. The lowest BCUT2D eigenvalue weighted by Crippen LogP contribution is -2.24. The first-order valence-electron chi connectivity index (χ1n) is 7.94. The van der Waals surface area contributed by atoms with Crippen molar-refractivity contribution in [1.29, 1.82) is 0 Å². The molecule has 2 N–H and O–H groups in total. The van der Waals surface area contributed by atoms with Crippen LogP contribution in [0.25, 0.3) is 0 Å². The molecule has 0 aromatic heterocycles. The topological polar surface area (TPSA) is 58.2 Å². The van der Waals surface area contributed by atoms with Gasteiger partial charge in [0.15, 0.2) is 0 Å². The third-order valence-electron chi connectivity index (χ3n) is 3.71. The van der Waals surface area contributed by atoms with Crippen molar-refractivity contribution in [1.82, 2.24) is 10.0 Å². The van der Waals surface area contributed by atoms with Gasteiger partial charge in [-0.2, -0.15) is 0 Å². The van der Waals surface area contributed by atoms with Gasteiger partial charge in [-0.05, 0) is 56.3 Å². The predicted octanol–water partition coefficient (Wildman–Crippen LogP) is 2.45. The van der Waals surface area contributed by atoms with Gasteiger partial charge in [0.05, 0.1) is 4.90 Å². The van der Waals surface area contributed by atoms with E-state index >= 15 is 0 Å². The molecular formula is C16H26N2O2S. The SMILES string of the molecule is CCCCNS(=O)(=O)c1ccc(CCCNC2CC2)cc1. The van der Waals surface area contributed by atoms with Gasteiger partial charge in [-0.25, -0.2) is 13.1 Å². The molecular weight excluding hydrogens is 284 g/mol. The fourth-order valence-electron chi connectivity index (χ4n) is 2.19. The Kier molecular flexibility index (Phi) is 6.21. The monoisotopic (exact) mass is 310 g/mol. The molecule has 0 bridgehead atoms. The molecule has 0 radical (unpaired) electrons. The summed E-state index contributed by atoms with van der Waals surface area (Å²) in [5, 5.41) is 3.49. The molecule has 0 amide bonds. The van der Waals surface area contributed by atoms with Crippen LogP contribution in [0.3, 0.4) is 0 Å². The Hall–Kier alpha value is -0.910. The Morgan fingerprint density at radius 3 is 2.43 bits per heavy atom. The highest BCUT2D eigenvalue weighted by Crippen LogP contribution is 2.18. The molecule has 0 atom stereocenters. The van der Waals surface area contributed by atoms with Crippen molar-refractivity contribution >= 4 is 10.0 Å². The van der Waals surface area contributed by atoms with E-state index in [0.29, 0.717) is 11.4 Å². The van der Waals surface area contributed by atoms with Crippen LogP contribution in [0, 0.1) is 0 Å². The lowest BCUT2D eigenvalue weighted by atomic mass is 10.1. The second kappa shape index (κ2) is 7.92. The van der Waals surface area contributed by atoms with Gasteiger partial charge in [0.1, 0.15) is 0 Å². The van der Waals surface area contributed by atoms with E-state index in [1.165, 1.54) is 18.4 Å². The Morgan fingerprint density at radius 1 is 1.10 bits per heavy atom. The summed E-state index contributed by atoms with van der Waals surface area (Å²) in [6.07, 6.45) is 6.57. The average molecular weight is 310 g/mol. The third-order valence-corrected chi connectivity index (χ3v) is 5.19. The number of sulfonamides is 1. The molecule has 1 saturated carbocycles. The first-order chi connectivity index (χ1) is 10.1. The van der Waals surface area contributed by atoms with Crippen molar-refractivity contribution in [3.8, 4) is 0 Å². The molecule has 1 aromatic carbocycles. The van der Waals surface area contributed by atoms with Crippen LogP contribution in [0.1, 0.15) is 44.6 Å². The maximum atomic E-state index is 12.0. The second-order valence-electron chi connectivity index (χ2n) is 5.73. The number of hydrogen-bond acceptors (Lipinski definition) is 3. The minimum atomic E-state index is -3.34. The number of hydrogen-bond donors (Lipinski definition) is 2. The van der Waals surface area contributed by atoms with E-state index < -0.39 is 10.0 Å². The highest BCUT2D eigenvalue weighted by molar-refractivity contribution is 7.89. The molecule has 118 valence electrons. The van der Waals surface area contributed by atoms with Gasteiger partial charge >= 0.3 is 0 Å². The summed E-state index contributed by atoms with van der Waals surface area (Å²) in [5.41, 5.74) is 1.19. The third kappa shape index (κ3) is 5.77. The van der Waals surface area contributed by atoms with Crippen LogP contribution >= 0.6 is 0 Å². The predicted molar refractivity (Wildman–Crippen MR) is 85.9 cm³/mol. The van der Waals surface area contributed by atoms with Crippen molar-refractivity contribution in [3.05, 3.63) is 29.8 Å². The van der Waals surface area contributed by atoms with Gasteiger partial charge in [-0.3, -0.25) is 0 Å². The Bertz CT molecular complexity index is 522. The Labute approximate surface area is 128 Å². The van der Waals surface area contributed by atoms with Gasteiger partial charge in [0, 0.05) is 12.6 Å². The standard InChI is InChI=1S/C16H26N2O2S/c1-2-3-13-18-21(19,20)16-10-6-14(7-11-16)5-4-12-17-15-8-9-15/h6-7,10-11,15,17-18H,2-5,8-9,12-13H2,1H3. The van der Waals surface area contributed by atoms with Crippen molar-refractivity contribution < 1.29 is 8.42 Å². The Morgan fingerprint density at radius 2 is 1.81 bits per heavy atom. The minimum absolute atomic E-state index is 0.360. The van der Waals surface area contributed by atoms with E-state index in [4.69, 9.17) is 0 Å². The minimum Gasteiger partial charge on any atom is -0.314 e. The van der Waals surface area contributed by atoms with Gasteiger partial charge in [0.25, 0.3) is 0 Å². The molecule has 2 rings (SSSR count). The smallest absolute Gasteiger partial charge is 0.240 e. The summed E-state index contributed by atoms with van der Waals surface area (Å²) in [5.74, 6) is 0. The van der Waals surface area contributed by atoms with Crippen molar-refractivity contribution in [3.63, 3.8) is 0 Å². The van der Waals surface area contributed by atoms with E-state index in [-0.39, 0.29) is 0 Å². The maximum Gasteiger partial charge on any atom is 0.240 e. The van der Waals surface area contributed by atoms with Gasteiger partial charge < -0.3 is 5.32 Å². The number of aryl methyl sites for hydroxylation is 1. The lowest BCUT2D eigenvalue weighted by molar-refractivity contribution is 0.578. The van der Waals surface area contributed by atoms with E-state index in [1.54, 1.807) is 12.1 Å². The molecule has 21 heavy (non-hydrogen) atoms. The average Bonchev–Trinajstić information content (AvgIpc) is 3.28. The molecule has 0 unspecified atom stereocenters. The number of unbranched alkanes of at least 4 members (excludes halogenated alkanes) is 1. The highest BCUT2D eigenvalue weighted by Gasteiger charge is 2.19. The fourth-order valence-corrected chi connectivity index (χ4v) is 3.26. The first kappa shape index (κ1) is 16.5. The normalized spacial score (nSPS) is 15.3. The summed E-state index contributed by atoms with van der Waals surface area (Å²) >= 11 is 0. The summed E-state index contributed by atoms with van der Waals surface area (Å²) < 4.78 is 26.7. The summed E-state index contributed by atoms with van der Waals surface area (Å²) in [7, 11) is -3.34. The second-order valence-corrected chi connectivity index (χ2v) is 7.49. The molecule has 1 aromatic rings. The molecule has 0 spiro atoms. The van der Waals surface area contributed by atoms with Crippen LogP contribution in [0.2, 0.25) is 0 Å². The van der Waals surface area contributed by atoms with Crippen LogP contribution in [-0.4, -0.2) is 27.5 Å². The van der Waals surface area contributed by atoms with Gasteiger partial charge in [-0.1, -0.05) is 25.5 Å². The zero-order valence-corrected chi connectivity index (χ0v) is 13.6. The molecule has 1 aliphatic carbocycles. The first-order valence-corrected chi connectivity index (χ1v) is 9.42. The number of nitrogens with one attached hydrogen (secondary N) is 2. The molecule has 1 fully saturated rings. The molecule has 0 aliphatic heterocycles. The highest BCUT2D eigenvalue weighted by atomic mass is 32.2. The van der Waals surface area contributed by atoms with E-state index in [2.05, 4.69) is 10.0 Å². The van der Waals surface area contributed by atoms with E-state index in [9.17, 15) is 8.42 Å². The summed E-state index contributed by atoms with van der Waals surface area (Å²) in [4.78, 5) is 0.360. The molecule has 1 aliphatic rings. The Balaban J connectivity index is 1.79. The van der Waals surface area contributed by atoms with Crippen LogP contribution in [-0.2, 0) is 16.4 Å². The quantitative estimate of drug-likeness (QED) is 0.653. The number of benzene rings is 1. The van der Waals surface area contributed by atoms with Crippen molar-refractivity contribution in [2.24, 2.45) is 0 Å². The maximum absolute atomic E-state index is 12.0. The van der Waals surface area contributed by atoms with Crippen LogP contribution in [0.15, 0.2) is 29.2 Å². The van der Waals surface area contributed by atoms with E-state index in [1.807, 2.05) is 19.1 Å². The number of rotatable bonds is 10. The van der Waals surface area contributed by atoms with E-state index in [0.717, 1.165) is 38.3 Å². The van der Waals surface area contributed by atoms with Crippen molar-refractivity contribution in [2.75, 3.05) is 13.1 Å². The van der Waals surface area contributed by atoms with Crippen molar-refractivity contribution in [2.45, 2.75) is 56.4 Å². The molecule has 0 heterocycles. The van der Waals surface area contributed by atoms with Gasteiger partial charge in [0.2, 0.25) is 10.0 Å². The van der Waals surface area contributed by atoms with Crippen LogP contribution < -0.4 is 10.0 Å². The lowest BCUT2D eigenvalue weighted by Gasteiger charge is -2.07. The largest absolute Gasteiger partial charge is 0.314 e. The molecule has 5 heteroatoms. The summed E-state index contributed by atoms with van der Waals surface area (Å²) in [6, 6.07) is 8.01. The molecule has 0 saturated heterocycles. The van der Waals surface area contributed by atoms with Crippen LogP contribution in [0.5, 0.6) is 0 Å².